The zero-order valence-electron chi connectivity index (χ0n) is 10.3. The van der Waals surface area contributed by atoms with E-state index in [0.717, 1.165) is 0 Å². The number of hydrogen-bond donors (Lipinski definition) is 4. The van der Waals surface area contributed by atoms with Crippen molar-refractivity contribution in [2.45, 2.75) is 6.42 Å². The maximum Gasteiger partial charge on any atom is 0.221 e. The highest BCUT2D eigenvalue weighted by atomic mass is 16.5. The van der Waals surface area contributed by atoms with Crippen LogP contribution in [0.3, 0.4) is 0 Å². The Kier molecular flexibility index (Phi) is 3.28. The summed E-state index contributed by atoms with van der Waals surface area (Å²) >= 11 is 0. The van der Waals surface area contributed by atoms with E-state index in [-0.39, 0.29) is 29.0 Å². The van der Waals surface area contributed by atoms with Crippen LogP contribution in [0.15, 0.2) is 18.3 Å². The summed E-state index contributed by atoms with van der Waals surface area (Å²) in [6.45, 7) is 0. The van der Waals surface area contributed by atoms with E-state index in [1.54, 1.807) is 0 Å². The van der Waals surface area contributed by atoms with Crippen molar-refractivity contribution in [3.8, 4) is 17.2 Å². The molecule has 7 heteroatoms. The molecular weight excluding hydrogens is 248 g/mol. The van der Waals surface area contributed by atoms with Gasteiger partial charge < -0.3 is 26.4 Å². The molecule has 0 bridgehead atoms. The largest absolute Gasteiger partial charge is 0.504 e. The molecular formula is C12H14N4O3. The van der Waals surface area contributed by atoms with Gasteiger partial charge in [0.1, 0.15) is 5.82 Å². The number of phenols is 2. The first-order valence-corrected chi connectivity index (χ1v) is 5.47. The molecule has 0 atom stereocenters. The van der Waals surface area contributed by atoms with E-state index < -0.39 is 0 Å². The fourth-order valence-corrected chi connectivity index (χ4v) is 1.76. The second-order valence-corrected chi connectivity index (χ2v) is 3.98. The van der Waals surface area contributed by atoms with Crippen molar-refractivity contribution in [3.63, 3.8) is 0 Å². The highest BCUT2D eigenvalue weighted by molar-refractivity contribution is 5.54. The molecule has 0 aliphatic carbocycles. The fourth-order valence-electron chi connectivity index (χ4n) is 1.76. The number of phenolic OH excluding ortho intramolecular Hbond substituents is 2. The standard InChI is InChI=1S/C12H14N4O3/c1-19-10-8(17)3-6(4-9(10)18)2-7-5-15-12(14)16-11(7)13/h3-5,17-18H,2H2,1H3,(H4,13,14,15,16). The van der Waals surface area contributed by atoms with Gasteiger partial charge in [0.05, 0.1) is 7.11 Å². The summed E-state index contributed by atoms with van der Waals surface area (Å²) in [5.41, 5.74) is 12.4. The summed E-state index contributed by atoms with van der Waals surface area (Å²) in [4.78, 5) is 7.69. The first kappa shape index (κ1) is 12.7. The molecule has 1 heterocycles. The van der Waals surface area contributed by atoms with Gasteiger partial charge in [0.15, 0.2) is 11.5 Å². The lowest BCUT2D eigenvalue weighted by molar-refractivity contribution is 0.344. The minimum absolute atomic E-state index is 0.0327. The fraction of sp³-hybridized carbons (Fsp3) is 0.167. The number of rotatable bonds is 3. The molecule has 7 nitrogen and oxygen atoms in total. The number of anilines is 2. The molecule has 1 aromatic carbocycles. The van der Waals surface area contributed by atoms with E-state index in [1.807, 2.05) is 0 Å². The number of aromatic nitrogens is 2. The Balaban J connectivity index is 2.33. The van der Waals surface area contributed by atoms with Gasteiger partial charge in [0.25, 0.3) is 0 Å². The lowest BCUT2D eigenvalue weighted by Crippen LogP contribution is -2.04. The Bertz CT molecular complexity index is 593. The van der Waals surface area contributed by atoms with Crippen LogP contribution in [0.5, 0.6) is 17.2 Å². The highest BCUT2D eigenvalue weighted by Gasteiger charge is 2.11. The predicted octanol–water partition coefficient (Wildman–Crippen LogP) is 0.652. The van der Waals surface area contributed by atoms with Gasteiger partial charge >= 0.3 is 0 Å². The van der Waals surface area contributed by atoms with Crippen LogP contribution in [0.25, 0.3) is 0 Å². The third-order valence-electron chi connectivity index (χ3n) is 2.62. The van der Waals surface area contributed by atoms with Crippen LogP contribution in [-0.2, 0) is 6.42 Å². The van der Waals surface area contributed by atoms with Crippen LogP contribution in [0.4, 0.5) is 11.8 Å². The summed E-state index contributed by atoms with van der Waals surface area (Å²) in [6, 6.07) is 2.96. The Labute approximate surface area is 109 Å². The molecule has 0 radical (unpaired) electrons. The number of nitrogens with two attached hydrogens (primary N) is 2. The molecule has 0 spiro atoms. The van der Waals surface area contributed by atoms with Crippen LogP contribution in [0.2, 0.25) is 0 Å². The van der Waals surface area contributed by atoms with Gasteiger partial charge in [-0.05, 0) is 17.7 Å². The van der Waals surface area contributed by atoms with Crippen molar-refractivity contribution in [3.05, 3.63) is 29.5 Å². The van der Waals surface area contributed by atoms with Crippen LogP contribution < -0.4 is 16.2 Å². The normalized spacial score (nSPS) is 10.4. The Hall–Kier alpha value is -2.70. The number of ether oxygens (including phenoxy) is 1. The summed E-state index contributed by atoms with van der Waals surface area (Å²) in [5, 5.41) is 19.4. The number of hydrogen-bond acceptors (Lipinski definition) is 7. The SMILES string of the molecule is COc1c(O)cc(Cc2cnc(N)nc2N)cc1O. The molecule has 6 N–H and O–H groups in total. The third-order valence-corrected chi connectivity index (χ3v) is 2.62. The molecule has 2 aromatic rings. The van der Waals surface area contributed by atoms with E-state index in [1.165, 1.54) is 25.4 Å². The zero-order chi connectivity index (χ0) is 14.0. The summed E-state index contributed by atoms with van der Waals surface area (Å²) in [5.74, 6) is 0.106. The lowest BCUT2D eigenvalue weighted by Gasteiger charge is -2.09. The van der Waals surface area contributed by atoms with E-state index in [9.17, 15) is 10.2 Å². The maximum absolute atomic E-state index is 9.70. The van der Waals surface area contributed by atoms with Crippen molar-refractivity contribution in [1.82, 2.24) is 9.97 Å². The second-order valence-electron chi connectivity index (χ2n) is 3.98. The predicted molar refractivity (Wildman–Crippen MR) is 70.0 cm³/mol. The van der Waals surface area contributed by atoms with Crippen LogP contribution in [-0.4, -0.2) is 27.3 Å². The smallest absolute Gasteiger partial charge is 0.221 e. The van der Waals surface area contributed by atoms with Gasteiger partial charge in [0, 0.05) is 18.2 Å². The van der Waals surface area contributed by atoms with Gasteiger partial charge in [0.2, 0.25) is 11.7 Å². The molecule has 0 amide bonds. The Morgan fingerprint density at radius 2 is 1.84 bits per heavy atom. The number of nitrogens with zero attached hydrogens (tertiary/aromatic N) is 2. The van der Waals surface area contributed by atoms with Gasteiger partial charge in [-0.3, -0.25) is 0 Å². The first-order valence-electron chi connectivity index (χ1n) is 5.47. The molecule has 100 valence electrons. The van der Waals surface area contributed by atoms with Crippen molar-refractivity contribution >= 4 is 11.8 Å². The minimum Gasteiger partial charge on any atom is -0.504 e. The lowest BCUT2D eigenvalue weighted by atomic mass is 10.1. The van der Waals surface area contributed by atoms with E-state index in [4.69, 9.17) is 16.2 Å². The Morgan fingerprint density at radius 3 is 2.37 bits per heavy atom. The van der Waals surface area contributed by atoms with Crippen molar-refractivity contribution in [2.24, 2.45) is 0 Å². The summed E-state index contributed by atoms with van der Waals surface area (Å²) < 4.78 is 4.85. The molecule has 19 heavy (non-hydrogen) atoms. The number of aromatic hydroxyl groups is 2. The topological polar surface area (TPSA) is 128 Å². The second kappa shape index (κ2) is 4.89. The van der Waals surface area contributed by atoms with E-state index in [2.05, 4.69) is 9.97 Å². The van der Waals surface area contributed by atoms with Gasteiger partial charge in [-0.15, -0.1) is 0 Å². The third kappa shape index (κ3) is 2.59. The average molecular weight is 262 g/mol. The molecule has 0 fully saturated rings. The van der Waals surface area contributed by atoms with Crippen LogP contribution in [0.1, 0.15) is 11.1 Å². The maximum atomic E-state index is 9.70. The highest BCUT2D eigenvalue weighted by Crippen LogP contribution is 2.37. The van der Waals surface area contributed by atoms with Crippen molar-refractivity contribution in [2.75, 3.05) is 18.6 Å². The molecule has 0 saturated heterocycles. The van der Waals surface area contributed by atoms with E-state index in [0.29, 0.717) is 17.5 Å². The number of methoxy groups -OCH3 is 1. The van der Waals surface area contributed by atoms with Crippen molar-refractivity contribution < 1.29 is 14.9 Å². The monoisotopic (exact) mass is 262 g/mol. The quantitative estimate of drug-likeness (QED) is 0.639. The number of nitrogen functional groups attached to an aromatic ring is 2. The molecule has 0 saturated carbocycles. The van der Waals surface area contributed by atoms with Crippen molar-refractivity contribution in [1.29, 1.82) is 0 Å². The summed E-state index contributed by atoms with van der Waals surface area (Å²) in [6.07, 6.45) is 1.87. The van der Waals surface area contributed by atoms with Gasteiger partial charge in [-0.2, -0.15) is 4.98 Å². The van der Waals surface area contributed by atoms with Gasteiger partial charge in [-0.1, -0.05) is 0 Å². The molecule has 2 rings (SSSR count). The minimum atomic E-state index is -0.146. The van der Waals surface area contributed by atoms with Gasteiger partial charge in [-0.25, -0.2) is 4.98 Å². The number of benzene rings is 1. The molecule has 0 aliphatic heterocycles. The average Bonchev–Trinajstić information content (AvgIpc) is 2.32. The van der Waals surface area contributed by atoms with Crippen LogP contribution in [0, 0.1) is 0 Å². The van der Waals surface area contributed by atoms with Crippen LogP contribution >= 0.6 is 0 Å². The Morgan fingerprint density at radius 1 is 1.21 bits per heavy atom. The molecule has 0 unspecified atom stereocenters. The first-order chi connectivity index (χ1) is 9.01. The molecule has 0 aliphatic rings. The molecule has 1 aromatic heterocycles. The van der Waals surface area contributed by atoms with E-state index >= 15 is 0 Å². The zero-order valence-corrected chi connectivity index (χ0v) is 10.3. The summed E-state index contributed by atoms with van der Waals surface area (Å²) in [7, 11) is 1.36.